The number of nitrogens with one attached hydrogen (secondary N) is 1. The van der Waals surface area contributed by atoms with Gasteiger partial charge in [-0.1, -0.05) is 18.9 Å². The van der Waals surface area contributed by atoms with E-state index in [1.54, 1.807) is 17.4 Å². The molecule has 0 atom stereocenters. The van der Waals surface area contributed by atoms with Crippen LogP contribution in [-0.2, 0) is 0 Å². The minimum atomic E-state index is -0.153. The van der Waals surface area contributed by atoms with E-state index < -0.39 is 0 Å². The molecule has 0 bridgehead atoms. The molecule has 2 aromatic rings. The fourth-order valence-corrected chi connectivity index (χ4v) is 3.66. The summed E-state index contributed by atoms with van der Waals surface area (Å²) in [6, 6.07) is 7.84. The third kappa shape index (κ3) is 2.18. The molecule has 2 aromatic heterocycles. The van der Waals surface area contributed by atoms with E-state index in [0.29, 0.717) is 5.56 Å². The molecule has 5 heteroatoms. The van der Waals surface area contributed by atoms with Crippen molar-refractivity contribution in [3.8, 4) is 10.6 Å². The molecule has 2 heterocycles. The molecule has 4 nitrogen and oxygen atoms in total. The maximum absolute atomic E-state index is 12.7. The minimum Gasteiger partial charge on any atom is -0.384 e. The molecule has 1 saturated carbocycles. The molecule has 0 amide bonds. The summed E-state index contributed by atoms with van der Waals surface area (Å²) in [4.78, 5) is 13.7. The standard InChI is InChI=1S/C15H17N3OS/c16-14(17)11-7-8-12(13-6-3-9-20-13)18(15(11)19)10-4-1-2-5-10/h3,6-10H,1-2,4-5H2,(H3,16,17). The Hall–Kier alpha value is -1.88. The van der Waals surface area contributed by atoms with Crippen LogP contribution in [-0.4, -0.2) is 10.4 Å². The summed E-state index contributed by atoms with van der Waals surface area (Å²) in [6.45, 7) is 0. The molecule has 0 aromatic carbocycles. The van der Waals surface area contributed by atoms with Crippen LogP contribution in [0.4, 0.5) is 0 Å². The molecule has 104 valence electrons. The van der Waals surface area contributed by atoms with Crippen LogP contribution in [0.3, 0.4) is 0 Å². The van der Waals surface area contributed by atoms with Gasteiger partial charge < -0.3 is 10.3 Å². The number of hydrogen-bond acceptors (Lipinski definition) is 3. The normalized spacial score (nSPS) is 15.6. The third-order valence-electron chi connectivity index (χ3n) is 3.87. The second-order valence-electron chi connectivity index (χ2n) is 5.14. The number of pyridine rings is 1. The van der Waals surface area contributed by atoms with Gasteiger partial charge in [-0.15, -0.1) is 11.3 Å². The summed E-state index contributed by atoms with van der Waals surface area (Å²) in [6.07, 6.45) is 4.37. The van der Waals surface area contributed by atoms with E-state index in [9.17, 15) is 4.79 Å². The van der Waals surface area contributed by atoms with Crippen molar-refractivity contribution in [1.82, 2.24) is 4.57 Å². The summed E-state index contributed by atoms with van der Waals surface area (Å²) in [7, 11) is 0. The van der Waals surface area contributed by atoms with Crippen LogP contribution in [0.1, 0.15) is 37.3 Å². The highest BCUT2D eigenvalue weighted by molar-refractivity contribution is 7.13. The first-order chi connectivity index (χ1) is 9.68. The minimum absolute atomic E-state index is 0.129. The first-order valence-electron chi connectivity index (χ1n) is 6.82. The molecular weight excluding hydrogens is 270 g/mol. The molecule has 3 rings (SSSR count). The van der Waals surface area contributed by atoms with E-state index in [1.165, 1.54) is 0 Å². The number of nitrogens with zero attached hydrogens (tertiary/aromatic N) is 1. The summed E-state index contributed by atoms with van der Waals surface area (Å²) in [5, 5.41) is 9.57. The summed E-state index contributed by atoms with van der Waals surface area (Å²) >= 11 is 1.63. The SMILES string of the molecule is N=C(N)c1ccc(-c2cccs2)n(C2CCCC2)c1=O. The maximum atomic E-state index is 12.7. The van der Waals surface area contributed by atoms with Crippen LogP contribution in [0.25, 0.3) is 10.6 Å². The summed E-state index contributed by atoms with van der Waals surface area (Å²) in [5.41, 5.74) is 6.64. The monoisotopic (exact) mass is 287 g/mol. The van der Waals surface area contributed by atoms with Gasteiger partial charge in [-0.25, -0.2) is 0 Å². The van der Waals surface area contributed by atoms with Crippen molar-refractivity contribution in [2.24, 2.45) is 5.73 Å². The second-order valence-corrected chi connectivity index (χ2v) is 6.08. The first kappa shape index (κ1) is 13.1. The van der Waals surface area contributed by atoms with Gasteiger partial charge in [-0.3, -0.25) is 10.2 Å². The predicted molar refractivity (Wildman–Crippen MR) is 82.5 cm³/mol. The van der Waals surface area contributed by atoms with Crippen molar-refractivity contribution in [3.63, 3.8) is 0 Å². The molecule has 1 fully saturated rings. The Morgan fingerprint density at radius 1 is 1.30 bits per heavy atom. The third-order valence-corrected chi connectivity index (χ3v) is 4.76. The molecule has 0 spiro atoms. The van der Waals surface area contributed by atoms with E-state index in [2.05, 4.69) is 0 Å². The van der Waals surface area contributed by atoms with Crippen LogP contribution < -0.4 is 11.3 Å². The van der Waals surface area contributed by atoms with Gasteiger partial charge in [-0.05, 0) is 36.4 Å². The molecule has 0 saturated heterocycles. The van der Waals surface area contributed by atoms with Gasteiger partial charge >= 0.3 is 0 Å². The lowest BCUT2D eigenvalue weighted by atomic mass is 10.1. The van der Waals surface area contributed by atoms with Crippen LogP contribution >= 0.6 is 11.3 Å². The van der Waals surface area contributed by atoms with Gasteiger partial charge in [0.2, 0.25) is 0 Å². The zero-order chi connectivity index (χ0) is 14.1. The van der Waals surface area contributed by atoms with Crippen LogP contribution in [0.5, 0.6) is 0 Å². The Morgan fingerprint density at radius 3 is 2.65 bits per heavy atom. The van der Waals surface area contributed by atoms with Crippen molar-refractivity contribution in [3.05, 3.63) is 45.6 Å². The molecule has 0 unspecified atom stereocenters. The highest BCUT2D eigenvalue weighted by atomic mass is 32.1. The molecule has 0 aliphatic heterocycles. The van der Waals surface area contributed by atoms with Crippen molar-refractivity contribution >= 4 is 17.2 Å². The summed E-state index contributed by atoms with van der Waals surface area (Å²) in [5.74, 6) is -0.153. The van der Waals surface area contributed by atoms with Crippen molar-refractivity contribution < 1.29 is 0 Å². The molecule has 20 heavy (non-hydrogen) atoms. The lowest BCUT2D eigenvalue weighted by Crippen LogP contribution is -2.32. The molecule has 1 aliphatic carbocycles. The molecule has 3 N–H and O–H groups in total. The number of hydrogen-bond donors (Lipinski definition) is 2. The van der Waals surface area contributed by atoms with Gasteiger partial charge in [0.15, 0.2) is 0 Å². The van der Waals surface area contributed by atoms with Crippen LogP contribution in [0.2, 0.25) is 0 Å². The molecule has 0 radical (unpaired) electrons. The van der Waals surface area contributed by atoms with Gasteiger partial charge in [0.25, 0.3) is 5.56 Å². The first-order valence-corrected chi connectivity index (χ1v) is 7.70. The van der Waals surface area contributed by atoms with Gasteiger partial charge in [0.05, 0.1) is 16.1 Å². The fourth-order valence-electron chi connectivity index (χ4n) is 2.91. The topological polar surface area (TPSA) is 71.9 Å². The smallest absolute Gasteiger partial charge is 0.262 e. The Kier molecular flexibility index (Phi) is 3.44. The lowest BCUT2D eigenvalue weighted by molar-refractivity contribution is 0.508. The van der Waals surface area contributed by atoms with Crippen molar-refractivity contribution in [2.45, 2.75) is 31.7 Å². The van der Waals surface area contributed by atoms with Gasteiger partial charge in [0.1, 0.15) is 5.84 Å². The molecule has 1 aliphatic rings. The predicted octanol–water partition coefficient (Wildman–Crippen LogP) is 2.98. The Labute approximate surface area is 121 Å². The quantitative estimate of drug-likeness (QED) is 0.673. The highest BCUT2D eigenvalue weighted by Crippen LogP contribution is 2.33. The van der Waals surface area contributed by atoms with Crippen LogP contribution in [0, 0.1) is 5.41 Å². The lowest BCUT2D eigenvalue weighted by Gasteiger charge is -2.19. The Morgan fingerprint density at radius 2 is 2.05 bits per heavy atom. The van der Waals surface area contributed by atoms with E-state index in [4.69, 9.17) is 11.1 Å². The average molecular weight is 287 g/mol. The number of aromatic nitrogens is 1. The van der Waals surface area contributed by atoms with Gasteiger partial charge in [0, 0.05) is 6.04 Å². The summed E-state index contributed by atoms with van der Waals surface area (Å²) < 4.78 is 1.86. The van der Waals surface area contributed by atoms with Gasteiger partial charge in [-0.2, -0.15) is 0 Å². The fraction of sp³-hybridized carbons (Fsp3) is 0.333. The van der Waals surface area contributed by atoms with E-state index >= 15 is 0 Å². The zero-order valence-electron chi connectivity index (χ0n) is 11.1. The molecular formula is C15H17N3OS. The van der Waals surface area contributed by atoms with Crippen LogP contribution in [0.15, 0.2) is 34.4 Å². The number of thiophene rings is 1. The number of nitrogens with two attached hydrogens (primary N) is 1. The second kappa shape index (κ2) is 5.25. The maximum Gasteiger partial charge on any atom is 0.262 e. The highest BCUT2D eigenvalue weighted by Gasteiger charge is 2.23. The van der Waals surface area contributed by atoms with Crippen molar-refractivity contribution in [1.29, 1.82) is 5.41 Å². The van der Waals surface area contributed by atoms with E-state index in [0.717, 1.165) is 36.3 Å². The largest absolute Gasteiger partial charge is 0.384 e. The number of amidine groups is 1. The number of rotatable bonds is 3. The Bertz CT molecular complexity index is 682. The zero-order valence-corrected chi connectivity index (χ0v) is 12.0. The van der Waals surface area contributed by atoms with E-state index in [-0.39, 0.29) is 17.4 Å². The Balaban J connectivity index is 2.22. The average Bonchev–Trinajstić information content (AvgIpc) is 3.11. The number of nitrogen functional groups attached to an aromatic ring is 1. The van der Waals surface area contributed by atoms with Crippen molar-refractivity contribution in [2.75, 3.05) is 0 Å². The van der Waals surface area contributed by atoms with E-state index in [1.807, 2.05) is 28.1 Å².